The van der Waals surface area contributed by atoms with E-state index in [0.29, 0.717) is 18.5 Å². The summed E-state index contributed by atoms with van der Waals surface area (Å²) in [4.78, 5) is 23.7. The smallest absolute Gasteiger partial charge is 0.337 e. The number of thioether (sulfide) groups is 1. The fourth-order valence-corrected chi connectivity index (χ4v) is 6.74. The van der Waals surface area contributed by atoms with E-state index in [9.17, 15) is 18.0 Å². The van der Waals surface area contributed by atoms with E-state index in [1.165, 1.54) is 31.9 Å². The number of hydrogen-bond donors (Lipinski definition) is 1. The molecule has 0 aliphatic carbocycles. The van der Waals surface area contributed by atoms with Crippen molar-refractivity contribution < 1.29 is 27.5 Å². The molecule has 1 unspecified atom stereocenters. The molecule has 1 heterocycles. The van der Waals surface area contributed by atoms with Crippen LogP contribution in [0.3, 0.4) is 0 Å². The van der Waals surface area contributed by atoms with Crippen molar-refractivity contribution in [3.05, 3.63) is 77.9 Å². The quantitative estimate of drug-likeness (QED) is 0.449. The predicted molar refractivity (Wildman–Crippen MR) is 136 cm³/mol. The number of carbonyl (C=O) groups excluding carboxylic acids is 2. The highest BCUT2D eigenvalue weighted by Gasteiger charge is 2.33. The number of rotatable bonds is 8. The van der Waals surface area contributed by atoms with Gasteiger partial charge in [-0.1, -0.05) is 54.2 Å². The van der Waals surface area contributed by atoms with Crippen LogP contribution in [-0.2, 0) is 24.1 Å². The average Bonchev–Trinajstić information content (AvgIpc) is 3.29. The monoisotopic (exact) mass is 513 g/mol. The number of hydrogen-bond acceptors (Lipinski definition) is 8. The molecule has 184 valence electrons. The van der Waals surface area contributed by atoms with Gasteiger partial charge >= 0.3 is 5.97 Å². The maximum absolute atomic E-state index is 13.8. The number of sulfone groups is 1. The summed E-state index contributed by atoms with van der Waals surface area (Å²) in [6, 6.07) is 18.7. The minimum atomic E-state index is -3.98. The van der Waals surface area contributed by atoms with Crippen LogP contribution in [0.25, 0.3) is 10.8 Å². The van der Waals surface area contributed by atoms with E-state index in [4.69, 9.17) is 9.47 Å². The summed E-state index contributed by atoms with van der Waals surface area (Å²) >= 11 is 1.28. The summed E-state index contributed by atoms with van der Waals surface area (Å²) < 4.78 is 38.5. The zero-order valence-corrected chi connectivity index (χ0v) is 21.1. The average molecular weight is 514 g/mol. The van der Waals surface area contributed by atoms with Crippen molar-refractivity contribution in [3.8, 4) is 0 Å². The molecule has 7 nitrogen and oxygen atoms in total. The number of esters is 1. The van der Waals surface area contributed by atoms with Crippen molar-refractivity contribution in [1.82, 2.24) is 5.32 Å². The van der Waals surface area contributed by atoms with Gasteiger partial charge in [-0.25, -0.2) is 13.2 Å². The molecule has 0 bridgehead atoms. The molecule has 1 aliphatic heterocycles. The molecule has 1 saturated heterocycles. The Balaban J connectivity index is 1.65. The van der Waals surface area contributed by atoms with E-state index < -0.39 is 21.2 Å². The van der Waals surface area contributed by atoms with Gasteiger partial charge in [0.25, 0.3) is 0 Å². The Hall–Kier alpha value is -2.72. The molecule has 0 spiro atoms. The first-order valence-corrected chi connectivity index (χ1v) is 13.6. The first-order valence-electron chi connectivity index (χ1n) is 11.2. The third-order valence-electron chi connectivity index (χ3n) is 5.87. The lowest BCUT2D eigenvalue weighted by Crippen LogP contribution is -2.29. The van der Waals surface area contributed by atoms with Gasteiger partial charge in [-0.3, -0.25) is 4.79 Å². The Morgan fingerprint density at radius 1 is 1.06 bits per heavy atom. The molecule has 9 heteroatoms. The molecule has 1 N–H and O–H groups in total. The number of benzene rings is 3. The fraction of sp³-hybridized carbons (Fsp3) is 0.308. The summed E-state index contributed by atoms with van der Waals surface area (Å²) in [5, 5.41) is 5.22. The molecule has 4 rings (SSSR count). The van der Waals surface area contributed by atoms with Crippen LogP contribution in [0.5, 0.6) is 0 Å². The second-order valence-electron chi connectivity index (χ2n) is 8.41. The highest BCUT2D eigenvalue weighted by molar-refractivity contribution is 8.14. The SMILES string of the molecule is COC(=O)c1cccc(C(OC[C@@H]2C[C@@H](SC(C)=O)CN2)S(=O)(=O)c2ccc3ccccc3c2)c1. The molecule has 3 atom stereocenters. The molecule has 1 fully saturated rings. The van der Waals surface area contributed by atoms with Gasteiger partial charge in [0, 0.05) is 24.8 Å². The first-order chi connectivity index (χ1) is 16.8. The topological polar surface area (TPSA) is 98.8 Å². The normalized spacial score (nSPS) is 18.9. The van der Waals surface area contributed by atoms with Crippen LogP contribution >= 0.6 is 11.8 Å². The van der Waals surface area contributed by atoms with Gasteiger partial charge in [-0.2, -0.15) is 0 Å². The van der Waals surface area contributed by atoms with Crippen molar-refractivity contribution in [1.29, 1.82) is 0 Å². The Morgan fingerprint density at radius 2 is 1.83 bits per heavy atom. The third-order valence-corrected chi connectivity index (χ3v) is 8.78. The van der Waals surface area contributed by atoms with Crippen molar-refractivity contribution in [3.63, 3.8) is 0 Å². The van der Waals surface area contributed by atoms with Crippen molar-refractivity contribution >= 4 is 43.5 Å². The third kappa shape index (κ3) is 5.92. The summed E-state index contributed by atoms with van der Waals surface area (Å²) in [5.74, 6) is -0.560. The maximum Gasteiger partial charge on any atom is 0.337 e. The van der Waals surface area contributed by atoms with Crippen LogP contribution in [0, 0.1) is 0 Å². The number of nitrogens with one attached hydrogen (secondary N) is 1. The molecular weight excluding hydrogens is 486 g/mol. The minimum absolute atomic E-state index is 0.0507. The van der Waals surface area contributed by atoms with Gasteiger partial charge in [-0.05, 0) is 47.0 Å². The number of ether oxygens (including phenoxy) is 2. The first kappa shape index (κ1) is 25.4. The van der Waals surface area contributed by atoms with Crippen molar-refractivity contribution in [2.24, 2.45) is 0 Å². The summed E-state index contributed by atoms with van der Waals surface area (Å²) in [6.45, 7) is 2.32. The Labute approximate surface area is 209 Å². The lowest BCUT2D eigenvalue weighted by atomic mass is 10.1. The number of carbonyl (C=O) groups is 2. The molecule has 0 saturated carbocycles. The summed E-state index contributed by atoms with van der Waals surface area (Å²) in [5.41, 5.74) is -0.743. The number of methoxy groups -OCH3 is 1. The van der Waals surface area contributed by atoms with Gasteiger partial charge < -0.3 is 14.8 Å². The van der Waals surface area contributed by atoms with Crippen molar-refractivity contribution in [2.45, 2.75) is 35.0 Å². The number of fused-ring (bicyclic) bond motifs is 1. The van der Waals surface area contributed by atoms with E-state index in [1.807, 2.05) is 24.3 Å². The lowest BCUT2D eigenvalue weighted by molar-refractivity contribution is -0.109. The van der Waals surface area contributed by atoms with Crippen LogP contribution in [0.15, 0.2) is 71.6 Å². The standard InChI is InChI=1S/C26H27NO6S2/c1-17(28)34-23-14-22(27-15-23)16-33-26(21-9-5-8-20(12-21)25(29)32-2)35(30,31)24-11-10-18-6-3-4-7-19(18)13-24/h3-13,22-23,26-27H,14-16H2,1-2H3/t22-,23+,26?/m0/s1. The Kier molecular flexibility index (Phi) is 7.91. The van der Waals surface area contributed by atoms with E-state index in [1.54, 1.807) is 36.4 Å². The highest BCUT2D eigenvalue weighted by Crippen LogP contribution is 2.33. The molecule has 0 aromatic heterocycles. The largest absolute Gasteiger partial charge is 0.465 e. The van der Waals surface area contributed by atoms with Crippen LogP contribution in [0.1, 0.15) is 34.7 Å². The Bertz CT molecular complexity index is 1340. The molecule has 1 aliphatic rings. The van der Waals surface area contributed by atoms with E-state index in [-0.39, 0.29) is 33.5 Å². The van der Waals surface area contributed by atoms with Crippen LogP contribution in [0.4, 0.5) is 0 Å². The van der Waals surface area contributed by atoms with Crippen LogP contribution in [-0.4, -0.2) is 51.1 Å². The van der Waals surface area contributed by atoms with Crippen LogP contribution < -0.4 is 5.32 Å². The van der Waals surface area contributed by atoms with E-state index in [0.717, 1.165) is 10.8 Å². The second-order valence-corrected chi connectivity index (χ2v) is 11.9. The maximum atomic E-state index is 13.8. The molecular formula is C26H27NO6S2. The molecule has 3 aromatic carbocycles. The minimum Gasteiger partial charge on any atom is -0.465 e. The molecule has 3 aromatic rings. The van der Waals surface area contributed by atoms with Gasteiger partial charge in [0.1, 0.15) is 0 Å². The van der Waals surface area contributed by atoms with Crippen LogP contribution in [0.2, 0.25) is 0 Å². The second kappa shape index (κ2) is 10.9. The van der Waals surface area contributed by atoms with E-state index in [2.05, 4.69) is 5.32 Å². The van der Waals surface area contributed by atoms with Gasteiger partial charge in [0.15, 0.2) is 10.6 Å². The molecule has 0 amide bonds. The summed E-state index contributed by atoms with van der Waals surface area (Å²) in [7, 11) is -2.71. The summed E-state index contributed by atoms with van der Waals surface area (Å²) in [6.07, 6.45) is 0.690. The van der Waals surface area contributed by atoms with Gasteiger partial charge in [-0.15, -0.1) is 0 Å². The fourth-order valence-electron chi connectivity index (χ4n) is 4.20. The zero-order chi connectivity index (χ0) is 25.0. The van der Waals surface area contributed by atoms with Gasteiger partial charge in [0.05, 0.1) is 24.2 Å². The highest BCUT2D eigenvalue weighted by atomic mass is 32.2. The predicted octanol–water partition coefficient (Wildman–Crippen LogP) is 4.13. The zero-order valence-electron chi connectivity index (χ0n) is 19.5. The van der Waals surface area contributed by atoms with E-state index >= 15 is 0 Å². The van der Waals surface area contributed by atoms with Gasteiger partial charge in [0.2, 0.25) is 9.84 Å². The lowest BCUT2D eigenvalue weighted by Gasteiger charge is -2.22. The molecule has 35 heavy (non-hydrogen) atoms. The Morgan fingerprint density at radius 3 is 2.57 bits per heavy atom. The molecule has 0 radical (unpaired) electrons. The van der Waals surface area contributed by atoms with Crippen molar-refractivity contribution in [2.75, 3.05) is 20.3 Å².